The Balaban J connectivity index is 1.68. The fourth-order valence-corrected chi connectivity index (χ4v) is 3.05. The lowest BCUT2D eigenvalue weighted by molar-refractivity contribution is 0.785. The topological polar surface area (TPSA) is 68.5 Å². The van der Waals surface area contributed by atoms with E-state index >= 15 is 0 Å². The van der Waals surface area contributed by atoms with Gasteiger partial charge < -0.3 is 5.32 Å². The molecule has 0 amide bonds. The number of nitrogens with zero attached hydrogens (tertiary/aromatic N) is 5. The molecule has 0 saturated heterocycles. The van der Waals surface area contributed by atoms with Crippen molar-refractivity contribution in [2.24, 2.45) is 7.05 Å². The summed E-state index contributed by atoms with van der Waals surface area (Å²) in [7, 11) is 1.86. The van der Waals surface area contributed by atoms with E-state index < -0.39 is 0 Å². The molecule has 7 heteroatoms. The van der Waals surface area contributed by atoms with Gasteiger partial charge in [0.1, 0.15) is 12.1 Å². The highest BCUT2D eigenvalue weighted by molar-refractivity contribution is 7.18. The zero-order chi connectivity index (χ0) is 14.9. The second-order valence-electron chi connectivity index (χ2n) is 4.75. The van der Waals surface area contributed by atoms with E-state index in [-0.39, 0.29) is 0 Å². The highest BCUT2D eigenvalue weighted by atomic mass is 32.1. The van der Waals surface area contributed by atoms with Crippen molar-refractivity contribution in [3.05, 3.63) is 49.1 Å². The van der Waals surface area contributed by atoms with Crippen LogP contribution in [0.5, 0.6) is 0 Å². The summed E-state index contributed by atoms with van der Waals surface area (Å²) >= 11 is 1.59. The van der Waals surface area contributed by atoms with E-state index in [0.29, 0.717) is 5.82 Å². The van der Waals surface area contributed by atoms with Gasteiger partial charge in [-0.25, -0.2) is 15.0 Å². The van der Waals surface area contributed by atoms with Crippen molar-refractivity contribution < 1.29 is 0 Å². The van der Waals surface area contributed by atoms with E-state index in [0.717, 1.165) is 26.6 Å². The summed E-state index contributed by atoms with van der Waals surface area (Å²) in [5.41, 5.74) is 1.94. The molecule has 0 aliphatic carbocycles. The molecule has 0 aliphatic rings. The quantitative estimate of drug-likeness (QED) is 0.629. The van der Waals surface area contributed by atoms with Crippen LogP contribution >= 0.6 is 11.3 Å². The van der Waals surface area contributed by atoms with Gasteiger partial charge in [0.2, 0.25) is 0 Å². The van der Waals surface area contributed by atoms with E-state index in [9.17, 15) is 0 Å². The van der Waals surface area contributed by atoms with Gasteiger partial charge in [0, 0.05) is 13.2 Å². The zero-order valence-corrected chi connectivity index (χ0v) is 12.6. The fraction of sp³-hybridized carbons (Fsp3) is 0.0667. The van der Waals surface area contributed by atoms with Gasteiger partial charge in [-0.1, -0.05) is 41.7 Å². The fourth-order valence-electron chi connectivity index (χ4n) is 2.23. The minimum Gasteiger partial charge on any atom is -0.315 e. The Morgan fingerprint density at radius 3 is 2.77 bits per heavy atom. The van der Waals surface area contributed by atoms with E-state index in [4.69, 9.17) is 0 Å². The number of benzene rings is 1. The number of nitrogens with one attached hydrogen (secondary N) is 1. The van der Waals surface area contributed by atoms with E-state index in [2.05, 4.69) is 37.5 Å². The molecular weight excluding hydrogens is 296 g/mol. The molecule has 4 aromatic rings. The van der Waals surface area contributed by atoms with Crippen LogP contribution in [-0.4, -0.2) is 24.7 Å². The minimum absolute atomic E-state index is 0.715. The van der Waals surface area contributed by atoms with Crippen molar-refractivity contribution >= 4 is 33.3 Å². The van der Waals surface area contributed by atoms with Crippen molar-refractivity contribution in [3.8, 4) is 10.4 Å². The summed E-state index contributed by atoms with van der Waals surface area (Å²) in [5, 5.41) is 9.13. The van der Waals surface area contributed by atoms with E-state index in [1.165, 1.54) is 6.33 Å². The van der Waals surface area contributed by atoms with Crippen molar-refractivity contribution in [2.75, 3.05) is 5.32 Å². The van der Waals surface area contributed by atoms with Crippen LogP contribution in [0.3, 0.4) is 0 Å². The molecule has 0 fully saturated rings. The SMILES string of the molecule is Cn1ncc2c(Nc3ncc(-c4ccccc4)s3)ncnc21. The van der Waals surface area contributed by atoms with Gasteiger partial charge in [0.05, 0.1) is 16.5 Å². The Kier molecular flexibility index (Phi) is 3.05. The molecule has 0 unspecified atom stereocenters. The summed E-state index contributed by atoms with van der Waals surface area (Å²) in [5.74, 6) is 0.715. The molecule has 0 aliphatic heterocycles. The van der Waals surface area contributed by atoms with Crippen LogP contribution in [0.2, 0.25) is 0 Å². The number of aryl methyl sites for hydroxylation is 1. The molecule has 1 N–H and O–H groups in total. The van der Waals surface area contributed by atoms with Gasteiger partial charge >= 0.3 is 0 Å². The Bertz CT molecular complexity index is 928. The normalized spacial score (nSPS) is 11.0. The first-order valence-corrected chi connectivity index (χ1v) is 7.54. The number of hydrogen-bond acceptors (Lipinski definition) is 6. The Morgan fingerprint density at radius 1 is 1.05 bits per heavy atom. The summed E-state index contributed by atoms with van der Waals surface area (Å²) in [6.07, 6.45) is 5.14. The Labute approximate surface area is 130 Å². The van der Waals surface area contributed by atoms with Crippen LogP contribution in [-0.2, 0) is 7.05 Å². The summed E-state index contributed by atoms with van der Waals surface area (Å²) < 4.78 is 1.72. The van der Waals surface area contributed by atoms with Crippen molar-refractivity contribution in [1.82, 2.24) is 24.7 Å². The second-order valence-corrected chi connectivity index (χ2v) is 5.78. The number of rotatable bonds is 3. The molecule has 0 atom stereocenters. The van der Waals surface area contributed by atoms with Gasteiger partial charge in [-0.3, -0.25) is 4.68 Å². The Morgan fingerprint density at radius 2 is 1.91 bits per heavy atom. The Hall–Kier alpha value is -2.80. The van der Waals surface area contributed by atoms with Gasteiger partial charge in [-0.05, 0) is 5.56 Å². The lowest BCUT2D eigenvalue weighted by Gasteiger charge is -2.02. The maximum absolute atomic E-state index is 4.42. The molecule has 0 spiro atoms. The second kappa shape index (κ2) is 5.19. The van der Waals surface area contributed by atoms with Crippen molar-refractivity contribution in [1.29, 1.82) is 0 Å². The first kappa shape index (κ1) is 12.9. The molecule has 3 heterocycles. The predicted octanol–water partition coefficient (Wildman–Crippen LogP) is 3.23. The third kappa shape index (κ3) is 2.21. The molecule has 0 radical (unpaired) electrons. The van der Waals surface area contributed by atoms with Crippen molar-refractivity contribution in [3.63, 3.8) is 0 Å². The van der Waals surface area contributed by atoms with E-state index in [1.807, 2.05) is 31.4 Å². The lowest BCUT2D eigenvalue weighted by atomic mass is 10.2. The number of thiazole rings is 1. The van der Waals surface area contributed by atoms with Crippen LogP contribution in [0.15, 0.2) is 49.1 Å². The smallest absolute Gasteiger partial charge is 0.188 e. The monoisotopic (exact) mass is 308 g/mol. The third-order valence-corrected chi connectivity index (χ3v) is 4.28. The van der Waals surface area contributed by atoms with E-state index in [1.54, 1.807) is 22.2 Å². The highest BCUT2D eigenvalue weighted by Crippen LogP contribution is 2.31. The van der Waals surface area contributed by atoms with Gasteiger partial charge in [-0.15, -0.1) is 0 Å². The molecule has 4 rings (SSSR count). The summed E-state index contributed by atoms with van der Waals surface area (Å²) in [4.78, 5) is 14.0. The zero-order valence-electron chi connectivity index (χ0n) is 11.8. The molecule has 0 bridgehead atoms. The number of anilines is 2. The highest BCUT2D eigenvalue weighted by Gasteiger charge is 2.10. The van der Waals surface area contributed by atoms with Crippen LogP contribution in [0, 0.1) is 0 Å². The van der Waals surface area contributed by atoms with Crippen LogP contribution in [0.1, 0.15) is 0 Å². The van der Waals surface area contributed by atoms with Crippen LogP contribution < -0.4 is 5.32 Å². The number of aromatic nitrogens is 5. The maximum Gasteiger partial charge on any atom is 0.188 e. The first-order chi connectivity index (χ1) is 10.8. The summed E-state index contributed by atoms with van der Waals surface area (Å²) in [6.45, 7) is 0. The van der Waals surface area contributed by atoms with Gasteiger partial charge in [0.25, 0.3) is 0 Å². The molecular formula is C15H12N6S. The number of fused-ring (bicyclic) bond motifs is 1. The predicted molar refractivity (Wildman–Crippen MR) is 87.1 cm³/mol. The standard InChI is InChI=1S/C15H12N6S/c1-21-14-11(7-19-21)13(17-9-18-14)20-15-16-8-12(22-15)10-5-3-2-4-6-10/h2-9H,1H3,(H,16,17,18,20). The average molecular weight is 308 g/mol. The molecule has 3 aromatic heterocycles. The maximum atomic E-state index is 4.42. The molecule has 108 valence electrons. The molecule has 22 heavy (non-hydrogen) atoms. The first-order valence-electron chi connectivity index (χ1n) is 6.72. The largest absolute Gasteiger partial charge is 0.315 e. The van der Waals surface area contributed by atoms with Crippen LogP contribution in [0.25, 0.3) is 21.5 Å². The molecule has 1 aromatic carbocycles. The van der Waals surface area contributed by atoms with Crippen molar-refractivity contribution in [2.45, 2.75) is 0 Å². The lowest BCUT2D eigenvalue weighted by Crippen LogP contribution is -1.96. The molecule has 0 saturated carbocycles. The average Bonchev–Trinajstić information content (AvgIpc) is 3.17. The third-order valence-electron chi connectivity index (χ3n) is 3.32. The molecule has 6 nitrogen and oxygen atoms in total. The number of hydrogen-bond donors (Lipinski definition) is 1. The van der Waals surface area contributed by atoms with Gasteiger partial charge in [-0.2, -0.15) is 5.10 Å². The minimum atomic E-state index is 0.715. The summed E-state index contributed by atoms with van der Waals surface area (Å²) in [6, 6.07) is 10.2. The van der Waals surface area contributed by atoms with Crippen LogP contribution in [0.4, 0.5) is 10.9 Å². The van der Waals surface area contributed by atoms with Gasteiger partial charge in [0.15, 0.2) is 10.8 Å².